The van der Waals surface area contributed by atoms with Crippen molar-refractivity contribution in [3.63, 3.8) is 0 Å². The maximum atomic E-state index is 14.1. The molecule has 12 heteroatoms. The first-order valence-corrected chi connectivity index (χ1v) is 15.4. The third kappa shape index (κ3) is 8.10. The Labute approximate surface area is 252 Å². The van der Waals surface area contributed by atoms with Crippen molar-refractivity contribution in [2.45, 2.75) is 64.1 Å². The number of ether oxygens (including phenoxy) is 1. The number of aryl methyl sites for hydroxylation is 1. The topological polar surface area (TPSA) is 139 Å². The summed E-state index contributed by atoms with van der Waals surface area (Å²) in [5.41, 5.74) is 0.844. The first-order chi connectivity index (χ1) is 20.4. The fourth-order valence-electron chi connectivity index (χ4n) is 4.49. The SMILES string of the molecule is CC[C@@H](C)NC(=O)[C@@H](CC)N(Cc1ccccc1)C(=O)CN(c1ccc(OC)cc1)S(=O)(=O)c1ccc(C)c([N+](=O)[O-])c1. The highest BCUT2D eigenvalue weighted by Crippen LogP contribution is 2.29. The predicted octanol–water partition coefficient (Wildman–Crippen LogP) is 4.83. The Morgan fingerprint density at radius 2 is 1.65 bits per heavy atom. The highest BCUT2D eigenvalue weighted by molar-refractivity contribution is 7.92. The number of carbonyl (C=O) groups is 2. The van der Waals surface area contributed by atoms with Gasteiger partial charge in [0.2, 0.25) is 11.8 Å². The van der Waals surface area contributed by atoms with Crippen LogP contribution in [-0.2, 0) is 26.2 Å². The fraction of sp³-hybridized carbons (Fsp3) is 0.355. The van der Waals surface area contributed by atoms with E-state index in [1.807, 2.05) is 44.2 Å². The molecule has 0 unspecified atom stereocenters. The Hall–Kier alpha value is -4.45. The number of nitro groups is 1. The van der Waals surface area contributed by atoms with Gasteiger partial charge in [0, 0.05) is 24.2 Å². The second-order valence-corrected chi connectivity index (χ2v) is 12.0. The highest BCUT2D eigenvalue weighted by atomic mass is 32.2. The zero-order valence-electron chi connectivity index (χ0n) is 25.0. The summed E-state index contributed by atoms with van der Waals surface area (Å²) in [6.45, 7) is 6.51. The number of sulfonamides is 1. The largest absolute Gasteiger partial charge is 0.497 e. The van der Waals surface area contributed by atoms with Crippen LogP contribution >= 0.6 is 0 Å². The van der Waals surface area contributed by atoms with Crippen LogP contribution in [0.2, 0.25) is 0 Å². The number of amides is 2. The van der Waals surface area contributed by atoms with Crippen LogP contribution in [0.25, 0.3) is 0 Å². The summed E-state index contributed by atoms with van der Waals surface area (Å²) in [5.74, 6) is -0.484. The van der Waals surface area contributed by atoms with Crippen molar-refractivity contribution >= 4 is 33.2 Å². The lowest BCUT2D eigenvalue weighted by Crippen LogP contribution is -2.53. The summed E-state index contributed by atoms with van der Waals surface area (Å²) in [5, 5.41) is 14.5. The van der Waals surface area contributed by atoms with E-state index in [-0.39, 0.29) is 34.8 Å². The van der Waals surface area contributed by atoms with Gasteiger partial charge in [-0.3, -0.25) is 24.0 Å². The Bertz CT molecular complexity index is 1530. The van der Waals surface area contributed by atoms with Crippen molar-refractivity contribution in [3.8, 4) is 5.75 Å². The molecule has 0 aromatic heterocycles. The molecule has 230 valence electrons. The molecule has 11 nitrogen and oxygen atoms in total. The number of anilines is 1. The lowest BCUT2D eigenvalue weighted by Gasteiger charge is -2.33. The van der Waals surface area contributed by atoms with Crippen molar-refractivity contribution in [2.75, 3.05) is 18.0 Å². The standard InChI is InChI=1S/C31H38N4O7S/c1-6-23(4)32-31(37)28(7-2)33(20-24-11-9-8-10-12-24)30(36)21-34(25-14-16-26(42-5)17-15-25)43(40,41)27-18-13-22(3)29(19-27)35(38)39/h8-19,23,28H,6-7,20-21H2,1-5H3,(H,32,37)/t23-,28-/m1/s1. The molecule has 2 atom stereocenters. The molecule has 0 saturated heterocycles. The molecule has 2 amide bonds. The van der Waals surface area contributed by atoms with Crippen LogP contribution in [0.4, 0.5) is 11.4 Å². The van der Waals surface area contributed by atoms with Gasteiger partial charge in [-0.1, -0.05) is 50.2 Å². The molecular weight excluding hydrogens is 572 g/mol. The molecule has 0 aliphatic rings. The number of benzene rings is 3. The van der Waals surface area contributed by atoms with Crippen molar-refractivity contribution in [1.29, 1.82) is 0 Å². The molecule has 3 rings (SSSR count). The third-order valence-corrected chi connectivity index (χ3v) is 8.96. The van der Waals surface area contributed by atoms with E-state index in [4.69, 9.17) is 4.74 Å². The second kappa shape index (κ2) is 14.6. The molecule has 0 aliphatic carbocycles. The van der Waals surface area contributed by atoms with E-state index in [0.29, 0.717) is 24.2 Å². The number of nitro benzene ring substituents is 1. The van der Waals surface area contributed by atoms with Gasteiger partial charge >= 0.3 is 0 Å². The zero-order chi connectivity index (χ0) is 31.7. The average Bonchev–Trinajstić information content (AvgIpc) is 3.00. The molecule has 3 aromatic rings. The monoisotopic (exact) mass is 610 g/mol. The minimum atomic E-state index is -4.48. The van der Waals surface area contributed by atoms with Crippen LogP contribution in [0.15, 0.2) is 77.7 Å². The minimum Gasteiger partial charge on any atom is -0.497 e. The van der Waals surface area contributed by atoms with Crippen LogP contribution in [0, 0.1) is 17.0 Å². The summed E-state index contributed by atoms with van der Waals surface area (Å²) < 4.78 is 34.3. The van der Waals surface area contributed by atoms with Gasteiger partial charge in [0.1, 0.15) is 18.3 Å². The van der Waals surface area contributed by atoms with Gasteiger partial charge in [-0.25, -0.2) is 8.42 Å². The summed E-state index contributed by atoms with van der Waals surface area (Å²) in [6, 6.07) is 17.8. The lowest BCUT2D eigenvalue weighted by atomic mass is 10.1. The number of methoxy groups -OCH3 is 1. The van der Waals surface area contributed by atoms with Gasteiger partial charge in [0.15, 0.2) is 0 Å². The fourth-order valence-corrected chi connectivity index (χ4v) is 5.93. The summed E-state index contributed by atoms with van der Waals surface area (Å²) in [6.07, 6.45) is 0.987. The Morgan fingerprint density at radius 3 is 2.21 bits per heavy atom. The van der Waals surface area contributed by atoms with Gasteiger partial charge in [0.25, 0.3) is 15.7 Å². The second-order valence-electron chi connectivity index (χ2n) is 10.2. The van der Waals surface area contributed by atoms with E-state index in [2.05, 4.69) is 5.32 Å². The molecule has 0 fully saturated rings. The Balaban J connectivity index is 2.11. The molecule has 3 aromatic carbocycles. The van der Waals surface area contributed by atoms with E-state index >= 15 is 0 Å². The summed E-state index contributed by atoms with van der Waals surface area (Å²) in [4.78, 5) is 39.5. The van der Waals surface area contributed by atoms with E-state index < -0.39 is 33.4 Å². The highest BCUT2D eigenvalue weighted by Gasteiger charge is 2.34. The van der Waals surface area contributed by atoms with E-state index in [1.165, 1.54) is 43.2 Å². The first kappa shape index (κ1) is 33.1. The van der Waals surface area contributed by atoms with Gasteiger partial charge in [-0.05, 0) is 62.6 Å². The van der Waals surface area contributed by atoms with E-state index in [0.717, 1.165) is 15.9 Å². The van der Waals surface area contributed by atoms with Crippen LogP contribution in [-0.4, -0.2) is 55.8 Å². The van der Waals surface area contributed by atoms with E-state index in [1.54, 1.807) is 19.1 Å². The van der Waals surface area contributed by atoms with Crippen molar-refractivity contribution in [2.24, 2.45) is 0 Å². The van der Waals surface area contributed by atoms with Crippen LogP contribution in [0.5, 0.6) is 5.75 Å². The maximum Gasteiger partial charge on any atom is 0.273 e. The third-order valence-electron chi connectivity index (χ3n) is 7.19. The predicted molar refractivity (Wildman–Crippen MR) is 164 cm³/mol. The average molecular weight is 611 g/mol. The molecule has 0 spiro atoms. The normalized spacial score (nSPS) is 12.6. The van der Waals surface area contributed by atoms with Crippen molar-refractivity contribution in [3.05, 3.63) is 94.0 Å². The molecule has 0 aliphatic heterocycles. The van der Waals surface area contributed by atoms with Crippen molar-refractivity contribution in [1.82, 2.24) is 10.2 Å². The Kier molecular flexibility index (Phi) is 11.2. The zero-order valence-corrected chi connectivity index (χ0v) is 25.8. The van der Waals surface area contributed by atoms with Crippen LogP contribution < -0.4 is 14.4 Å². The summed E-state index contributed by atoms with van der Waals surface area (Å²) >= 11 is 0. The van der Waals surface area contributed by atoms with Gasteiger partial charge in [-0.15, -0.1) is 0 Å². The molecule has 0 bridgehead atoms. The molecule has 1 N–H and O–H groups in total. The molecular formula is C31H38N4O7S. The number of hydrogen-bond donors (Lipinski definition) is 1. The Morgan fingerprint density at radius 1 is 1.00 bits per heavy atom. The minimum absolute atomic E-state index is 0.0681. The quantitative estimate of drug-likeness (QED) is 0.204. The number of nitrogens with one attached hydrogen (secondary N) is 1. The first-order valence-electron chi connectivity index (χ1n) is 14.0. The van der Waals surface area contributed by atoms with Gasteiger partial charge in [-0.2, -0.15) is 0 Å². The molecule has 0 heterocycles. The van der Waals surface area contributed by atoms with E-state index in [9.17, 15) is 28.1 Å². The number of nitrogens with zero attached hydrogens (tertiary/aromatic N) is 3. The molecule has 43 heavy (non-hydrogen) atoms. The van der Waals surface area contributed by atoms with Crippen LogP contribution in [0.1, 0.15) is 44.7 Å². The molecule has 0 saturated carbocycles. The van der Waals surface area contributed by atoms with Gasteiger partial charge in [0.05, 0.1) is 22.6 Å². The lowest BCUT2D eigenvalue weighted by molar-refractivity contribution is -0.385. The van der Waals surface area contributed by atoms with Crippen molar-refractivity contribution < 1.29 is 27.7 Å². The number of rotatable bonds is 14. The van der Waals surface area contributed by atoms with Crippen LogP contribution in [0.3, 0.4) is 0 Å². The summed E-state index contributed by atoms with van der Waals surface area (Å²) in [7, 11) is -3.02. The number of carbonyl (C=O) groups excluding carboxylic acids is 2. The maximum absolute atomic E-state index is 14.1. The smallest absolute Gasteiger partial charge is 0.273 e. The molecule has 0 radical (unpaired) electrons. The van der Waals surface area contributed by atoms with Gasteiger partial charge < -0.3 is 15.0 Å². The number of hydrogen-bond acceptors (Lipinski definition) is 7.